The number of ether oxygens (including phenoxy) is 1. The van der Waals surface area contributed by atoms with Crippen LogP contribution in [0.25, 0.3) is 0 Å². The number of halogens is 6. The molecule has 1 heterocycles. The molecule has 36 heavy (non-hydrogen) atoms. The summed E-state index contributed by atoms with van der Waals surface area (Å²) >= 11 is 0. The summed E-state index contributed by atoms with van der Waals surface area (Å²) in [6, 6.07) is 1.40. The van der Waals surface area contributed by atoms with E-state index in [1.54, 1.807) is 0 Å². The van der Waals surface area contributed by atoms with Crippen LogP contribution in [0.5, 0.6) is 0 Å². The third-order valence-corrected chi connectivity index (χ3v) is 7.15. The zero-order chi connectivity index (χ0) is 27.1. The minimum Gasteiger partial charge on any atom is -0.444 e. The van der Waals surface area contributed by atoms with Crippen LogP contribution >= 0.6 is 0 Å². The molecule has 1 amide bonds. The molecular formula is C26H36F6N2O2. The van der Waals surface area contributed by atoms with Crippen LogP contribution in [0.3, 0.4) is 0 Å². The number of hydrogen-bond donors (Lipinski definition) is 1. The molecule has 0 radical (unpaired) electrons. The molecule has 2 unspecified atom stereocenters. The first-order valence-electron chi connectivity index (χ1n) is 12.5. The van der Waals surface area contributed by atoms with Crippen molar-refractivity contribution < 1.29 is 35.9 Å². The largest absolute Gasteiger partial charge is 0.444 e. The molecule has 2 aliphatic rings. The van der Waals surface area contributed by atoms with Gasteiger partial charge in [0.2, 0.25) is 0 Å². The topological polar surface area (TPSA) is 41.6 Å². The minimum atomic E-state index is -4.88. The molecule has 1 N–H and O–H groups in total. The highest BCUT2D eigenvalue weighted by Gasteiger charge is 2.63. The molecule has 4 atom stereocenters. The van der Waals surface area contributed by atoms with E-state index in [1.165, 1.54) is 0 Å². The third-order valence-electron chi connectivity index (χ3n) is 7.15. The molecule has 10 heteroatoms. The van der Waals surface area contributed by atoms with Gasteiger partial charge in [0.1, 0.15) is 5.60 Å². The van der Waals surface area contributed by atoms with E-state index in [-0.39, 0.29) is 42.3 Å². The van der Waals surface area contributed by atoms with Crippen molar-refractivity contribution in [3.8, 4) is 0 Å². The Morgan fingerprint density at radius 2 is 1.61 bits per heavy atom. The lowest BCUT2D eigenvalue weighted by Crippen LogP contribution is -2.59. The fourth-order valence-electron chi connectivity index (χ4n) is 5.60. The summed E-state index contributed by atoms with van der Waals surface area (Å²) < 4.78 is 85.3. The maximum absolute atomic E-state index is 13.3. The molecule has 1 spiro atoms. The molecule has 0 bridgehead atoms. The van der Waals surface area contributed by atoms with Crippen molar-refractivity contribution in [1.29, 1.82) is 0 Å². The Labute approximate surface area is 208 Å². The third kappa shape index (κ3) is 6.47. The number of piperidine rings is 1. The highest BCUT2D eigenvalue weighted by molar-refractivity contribution is 5.71. The normalized spacial score (nSPS) is 26.9. The summed E-state index contributed by atoms with van der Waals surface area (Å²) in [6.45, 7) is 9.39. The molecule has 1 aromatic rings. The molecule has 1 aliphatic heterocycles. The Morgan fingerprint density at radius 1 is 1.03 bits per heavy atom. The molecular weight excluding hydrogens is 486 g/mol. The van der Waals surface area contributed by atoms with Gasteiger partial charge in [-0.15, -0.1) is 0 Å². The Kier molecular flexibility index (Phi) is 7.99. The highest BCUT2D eigenvalue weighted by atomic mass is 19.4. The summed E-state index contributed by atoms with van der Waals surface area (Å²) in [7, 11) is 0. The smallest absolute Gasteiger partial charge is 0.416 e. The number of likely N-dealkylation sites (tertiary alicyclic amines) is 1. The molecule has 1 aromatic carbocycles. The van der Waals surface area contributed by atoms with Gasteiger partial charge in [-0.05, 0) is 76.1 Å². The minimum absolute atomic E-state index is 0.0735. The van der Waals surface area contributed by atoms with Crippen molar-refractivity contribution in [3.05, 3.63) is 34.9 Å². The van der Waals surface area contributed by atoms with Crippen LogP contribution in [0.15, 0.2) is 18.2 Å². The quantitative estimate of drug-likeness (QED) is 0.392. The maximum Gasteiger partial charge on any atom is 0.416 e. The summed E-state index contributed by atoms with van der Waals surface area (Å²) in [4.78, 5) is 15.1. The number of carbonyl (C=O) groups excluding carboxylic acids is 1. The lowest BCUT2D eigenvalue weighted by atomic mass is 9.85. The second-order valence-corrected chi connectivity index (χ2v) is 11.1. The highest BCUT2D eigenvalue weighted by Crippen LogP contribution is 2.57. The van der Waals surface area contributed by atoms with Crippen molar-refractivity contribution >= 4 is 6.09 Å². The predicted octanol–water partition coefficient (Wildman–Crippen LogP) is 7.55. The van der Waals surface area contributed by atoms with E-state index in [1.807, 2.05) is 32.6 Å². The van der Waals surface area contributed by atoms with Gasteiger partial charge in [-0.25, -0.2) is 4.79 Å². The summed E-state index contributed by atoms with van der Waals surface area (Å²) in [5.74, 6) is 0.277. The van der Waals surface area contributed by atoms with Crippen molar-refractivity contribution in [2.75, 3.05) is 0 Å². The second kappa shape index (κ2) is 10.1. The van der Waals surface area contributed by atoms with Crippen LogP contribution in [0.2, 0.25) is 0 Å². The molecule has 1 saturated carbocycles. The van der Waals surface area contributed by atoms with Crippen molar-refractivity contribution in [1.82, 2.24) is 10.2 Å². The fourth-order valence-corrected chi connectivity index (χ4v) is 5.60. The van der Waals surface area contributed by atoms with Gasteiger partial charge < -0.3 is 10.1 Å². The van der Waals surface area contributed by atoms with E-state index < -0.39 is 34.6 Å². The molecule has 3 rings (SSSR count). The summed E-state index contributed by atoms with van der Waals surface area (Å²) in [6.07, 6.45) is -5.75. The van der Waals surface area contributed by atoms with Gasteiger partial charge in [0.05, 0.1) is 16.7 Å². The molecule has 0 aromatic heterocycles. The number of hydrogen-bond acceptors (Lipinski definition) is 3. The lowest BCUT2D eigenvalue weighted by Gasteiger charge is -2.47. The molecule has 4 nitrogen and oxygen atoms in total. The maximum atomic E-state index is 13.3. The molecule has 1 saturated heterocycles. The van der Waals surface area contributed by atoms with Crippen LogP contribution in [-0.4, -0.2) is 34.2 Å². The zero-order valence-corrected chi connectivity index (χ0v) is 21.4. The Hall–Kier alpha value is -1.97. The van der Waals surface area contributed by atoms with E-state index in [2.05, 4.69) is 12.2 Å². The van der Waals surface area contributed by atoms with Crippen LogP contribution < -0.4 is 5.32 Å². The second-order valence-electron chi connectivity index (χ2n) is 11.1. The lowest BCUT2D eigenvalue weighted by molar-refractivity contribution is -0.143. The van der Waals surface area contributed by atoms with Gasteiger partial charge in [-0.1, -0.05) is 26.7 Å². The van der Waals surface area contributed by atoms with Crippen molar-refractivity contribution in [2.24, 2.45) is 5.92 Å². The first-order chi connectivity index (χ1) is 16.5. The molecule has 204 valence electrons. The monoisotopic (exact) mass is 522 g/mol. The van der Waals surface area contributed by atoms with Crippen LogP contribution in [0, 0.1) is 5.92 Å². The number of nitrogens with one attached hydrogen (secondary N) is 1. The number of amides is 1. The zero-order valence-electron chi connectivity index (χ0n) is 21.4. The van der Waals surface area contributed by atoms with E-state index in [0.717, 1.165) is 37.8 Å². The van der Waals surface area contributed by atoms with Crippen LogP contribution in [0.4, 0.5) is 31.1 Å². The average molecular weight is 523 g/mol. The summed E-state index contributed by atoms with van der Waals surface area (Å²) in [5, 5.41) is 3.22. The van der Waals surface area contributed by atoms with Gasteiger partial charge >= 0.3 is 18.4 Å². The Morgan fingerprint density at radius 3 is 2.06 bits per heavy atom. The van der Waals surface area contributed by atoms with Gasteiger partial charge in [0.15, 0.2) is 0 Å². The summed E-state index contributed by atoms with van der Waals surface area (Å²) in [5.41, 5.74) is -3.77. The standard InChI is InChI=1S/C26H36F6N2O2/c1-6-8-21-12-20(14-24(13-17(24)7-2)34(21)22(35)36-23(3,4)5)33-15-16-9-18(25(27,28)29)11-19(10-16)26(30,31)32/h9-11,17,20-21,33H,6-8,12-15H2,1-5H3/t17-,20?,21-,24?/m1/s1. The Balaban J connectivity index is 1.84. The number of benzene rings is 1. The number of alkyl halides is 6. The van der Waals surface area contributed by atoms with Crippen molar-refractivity contribution in [2.45, 2.75) is 115 Å². The molecule has 2 fully saturated rings. The fraction of sp³-hybridized carbons (Fsp3) is 0.731. The van der Waals surface area contributed by atoms with E-state index in [0.29, 0.717) is 12.8 Å². The average Bonchev–Trinajstić information content (AvgIpc) is 3.41. The SMILES string of the molecule is CCC[C@@H]1CC(NCc2cc(C(F)(F)F)cc(C(F)(F)F)c2)CC2(C[C@H]2CC)N1C(=O)OC(C)(C)C. The van der Waals surface area contributed by atoms with Crippen molar-refractivity contribution in [3.63, 3.8) is 0 Å². The molecule has 1 aliphatic carbocycles. The number of rotatable bonds is 6. The number of carbonyl (C=O) groups is 1. The van der Waals surface area contributed by atoms with Gasteiger partial charge in [-0.2, -0.15) is 26.3 Å². The van der Waals surface area contributed by atoms with E-state index in [9.17, 15) is 31.1 Å². The van der Waals surface area contributed by atoms with Crippen LogP contribution in [0.1, 0.15) is 89.8 Å². The van der Waals surface area contributed by atoms with Gasteiger partial charge in [0.25, 0.3) is 0 Å². The van der Waals surface area contributed by atoms with Gasteiger partial charge in [0, 0.05) is 18.6 Å². The first-order valence-corrected chi connectivity index (χ1v) is 12.5. The Bertz CT molecular complexity index is 908. The van der Waals surface area contributed by atoms with Gasteiger partial charge in [-0.3, -0.25) is 4.90 Å². The van der Waals surface area contributed by atoms with Crippen LogP contribution in [-0.2, 0) is 23.6 Å². The first kappa shape index (κ1) is 28.6. The predicted molar refractivity (Wildman–Crippen MR) is 124 cm³/mol. The number of nitrogens with zero attached hydrogens (tertiary/aromatic N) is 1. The van der Waals surface area contributed by atoms with E-state index in [4.69, 9.17) is 4.74 Å². The van der Waals surface area contributed by atoms with E-state index >= 15 is 0 Å².